The van der Waals surface area contributed by atoms with Gasteiger partial charge in [-0.3, -0.25) is 9.59 Å². The molecule has 0 bridgehead atoms. The second-order valence-electron chi connectivity index (χ2n) is 5.89. The van der Waals surface area contributed by atoms with E-state index in [0.29, 0.717) is 19.5 Å². The molecule has 1 atom stereocenters. The van der Waals surface area contributed by atoms with Crippen LogP contribution in [0.1, 0.15) is 37.6 Å². The summed E-state index contributed by atoms with van der Waals surface area (Å²) in [6.45, 7) is 6.63. The van der Waals surface area contributed by atoms with Gasteiger partial charge < -0.3 is 16.4 Å². The van der Waals surface area contributed by atoms with Crippen molar-refractivity contribution >= 4 is 17.5 Å². The summed E-state index contributed by atoms with van der Waals surface area (Å²) in [7, 11) is 0. The van der Waals surface area contributed by atoms with Crippen LogP contribution >= 0.6 is 0 Å². The van der Waals surface area contributed by atoms with Gasteiger partial charge in [-0.15, -0.1) is 0 Å². The molecule has 122 valence electrons. The highest BCUT2D eigenvalue weighted by molar-refractivity contribution is 5.96. The number of benzene rings is 1. The quantitative estimate of drug-likeness (QED) is 0.721. The Hall–Kier alpha value is -1.95. The molecule has 1 aromatic carbocycles. The molecule has 0 heterocycles. The van der Waals surface area contributed by atoms with E-state index in [1.165, 1.54) is 12.1 Å². The molecular weight excluding hydrogens is 285 g/mol. The summed E-state index contributed by atoms with van der Waals surface area (Å²) in [5.74, 6) is -0.889. The SMILES string of the molecule is CC(C)CC(=O)Nc1ccc(C(=O)NCC(C)CN)cc1F. The minimum atomic E-state index is -0.628. The number of nitrogens with one attached hydrogen (secondary N) is 2. The van der Waals surface area contributed by atoms with Gasteiger partial charge in [-0.2, -0.15) is 0 Å². The molecule has 4 N–H and O–H groups in total. The van der Waals surface area contributed by atoms with Gasteiger partial charge in [0.05, 0.1) is 5.69 Å². The van der Waals surface area contributed by atoms with Gasteiger partial charge in [0.25, 0.3) is 5.91 Å². The Bertz CT molecular complexity index is 532. The summed E-state index contributed by atoms with van der Waals surface area (Å²) < 4.78 is 14.0. The summed E-state index contributed by atoms with van der Waals surface area (Å²) in [5.41, 5.74) is 5.76. The van der Waals surface area contributed by atoms with Gasteiger partial charge in [0, 0.05) is 18.5 Å². The molecule has 0 radical (unpaired) electrons. The highest BCUT2D eigenvalue weighted by Crippen LogP contribution is 2.17. The lowest BCUT2D eigenvalue weighted by molar-refractivity contribution is -0.116. The molecule has 22 heavy (non-hydrogen) atoms. The fourth-order valence-electron chi connectivity index (χ4n) is 1.78. The van der Waals surface area contributed by atoms with E-state index in [0.717, 1.165) is 6.07 Å². The summed E-state index contributed by atoms with van der Waals surface area (Å²) in [6, 6.07) is 4.00. The van der Waals surface area contributed by atoms with Crippen molar-refractivity contribution in [2.24, 2.45) is 17.6 Å². The average Bonchev–Trinajstić information content (AvgIpc) is 2.45. The first-order valence-corrected chi connectivity index (χ1v) is 7.41. The van der Waals surface area contributed by atoms with E-state index in [-0.39, 0.29) is 34.9 Å². The molecule has 0 saturated heterocycles. The molecule has 1 aromatic rings. The standard InChI is InChI=1S/C16H24FN3O2/c1-10(2)6-15(21)20-14-5-4-12(7-13(14)17)16(22)19-9-11(3)8-18/h4-5,7,10-11H,6,8-9,18H2,1-3H3,(H,19,22)(H,20,21). The number of halogens is 1. The van der Waals surface area contributed by atoms with Gasteiger partial charge in [-0.1, -0.05) is 20.8 Å². The molecule has 1 unspecified atom stereocenters. The van der Waals surface area contributed by atoms with E-state index in [9.17, 15) is 14.0 Å². The Morgan fingerprint density at radius 2 is 1.95 bits per heavy atom. The predicted molar refractivity (Wildman–Crippen MR) is 85.0 cm³/mol. The zero-order valence-electron chi connectivity index (χ0n) is 13.3. The topological polar surface area (TPSA) is 84.2 Å². The summed E-state index contributed by atoms with van der Waals surface area (Å²) >= 11 is 0. The van der Waals surface area contributed by atoms with Gasteiger partial charge in [0.2, 0.25) is 5.91 Å². The van der Waals surface area contributed by atoms with Crippen molar-refractivity contribution in [1.29, 1.82) is 0 Å². The smallest absolute Gasteiger partial charge is 0.251 e. The highest BCUT2D eigenvalue weighted by atomic mass is 19.1. The van der Waals surface area contributed by atoms with Crippen LogP contribution in [0.25, 0.3) is 0 Å². The fraction of sp³-hybridized carbons (Fsp3) is 0.500. The third-order valence-corrected chi connectivity index (χ3v) is 3.11. The first-order valence-electron chi connectivity index (χ1n) is 7.41. The molecule has 0 spiro atoms. The van der Waals surface area contributed by atoms with E-state index in [4.69, 9.17) is 5.73 Å². The van der Waals surface area contributed by atoms with Crippen LogP contribution in [0.15, 0.2) is 18.2 Å². The van der Waals surface area contributed by atoms with Crippen molar-refractivity contribution in [3.8, 4) is 0 Å². The highest BCUT2D eigenvalue weighted by Gasteiger charge is 2.13. The fourth-order valence-corrected chi connectivity index (χ4v) is 1.78. The molecule has 0 aliphatic rings. The zero-order valence-corrected chi connectivity index (χ0v) is 13.3. The van der Waals surface area contributed by atoms with Gasteiger partial charge in [-0.05, 0) is 36.6 Å². The van der Waals surface area contributed by atoms with Crippen LogP contribution in [0.3, 0.4) is 0 Å². The normalized spacial score (nSPS) is 12.1. The van der Waals surface area contributed by atoms with Crippen molar-refractivity contribution in [3.63, 3.8) is 0 Å². The Morgan fingerprint density at radius 1 is 1.27 bits per heavy atom. The molecule has 0 aromatic heterocycles. The molecule has 1 rings (SSSR count). The molecule has 0 fully saturated rings. The Morgan fingerprint density at radius 3 is 2.50 bits per heavy atom. The van der Waals surface area contributed by atoms with Gasteiger partial charge in [0.1, 0.15) is 5.82 Å². The maximum Gasteiger partial charge on any atom is 0.251 e. The van der Waals surface area contributed by atoms with Gasteiger partial charge >= 0.3 is 0 Å². The summed E-state index contributed by atoms with van der Waals surface area (Å²) in [4.78, 5) is 23.5. The molecule has 6 heteroatoms. The monoisotopic (exact) mass is 309 g/mol. The number of amides is 2. The molecule has 0 saturated carbocycles. The number of carbonyl (C=O) groups is 2. The lowest BCUT2D eigenvalue weighted by Crippen LogP contribution is -2.31. The van der Waals surface area contributed by atoms with E-state index in [1.54, 1.807) is 0 Å². The predicted octanol–water partition coefficient (Wildman–Crippen LogP) is 2.13. The van der Waals surface area contributed by atoms with Gasteiger partial charge in [-0.25, -0.2) is 4.39 Å². The second kappa shape index (κ2) is 8.48. The van der Waals surface area contributed by atoms with Crippen LogP contribution in [-0.4, -0.2) is 24.9 Å². The average molecular weight is 309 g/mol. The Labute approximate surface area is 130 Å². The number of nitrogens with two attached hydrogens (primary N) is 1. The maximum absolute atomic E-state index is 14.0. The third-order valence-electron chi connectivity index (χ3n) is 3.11. The van der Waals surface area contributed by atoms with Crippen LogP contribution in [0.4, 0.5) is 10.1 Å². The third kappa shape index (κ3) is 5.81. The molecule has 0 aliphatic carbocycles. The van der Waals surface area contributed by atoms with Crippen molar-refractivity contribution in [2.45, 2.75) is 27.2 Å². The van der Waals surface area contributed by atoms with E-state index in [2.05, 4.69) is 10.6 Å². The summed E-state index contributed by atoms with van der Waals surface area (Å²) in [6.07, 6.45) is 0.318. The number of anilines is 1. The lowest BCUT2D eigenvalue weighted by atomic mass is 10.1. The second-order valence-corrected chi connectivity index (χ2v) is 5.89. The molecule has 0 aliphatic heterocycles. The Kier molecular flexibility index (Phi) is 6.98. The van der Waals surface area contributed by atoms with Gasteiger partial charge in [0.15, 0.2) is 0 Å². The maximum atomic E-state index is 14.0. The zero-order chi connectivity index (χ0) is 16.7. The molecular formula is C16H24FN3O2. The summed E-state index contributed by atoms with van der Waals surface area (Å²) in [5, 5.41) is 5.20. The van der Waals surface area contributed by atoms with Crippen LogP contribution in [0.2, 0.25) is 0 Å². The number of hydrogen-bond acceptors (Lipinski definition) is 3. The first-order chi connectivity index (χ1) is 10.3. The Balaban J connectivity index is 2.68. The van der Waals surface area contributed by atoms with Crippen molar-refractivity contribution in [3.05, 3.63) is 29.6 Å². The number of hydrogen-bond donors (Lipinski definition) is 3. The van der Waals surface area contributed by atoms with E-state index < -0.39 is 5.82 Å². The lowest BCUT2D eigenvalue weighted by Gasteiger charge is -2.11. The largest absolute Gasteiger partial charge is 0.352 e. The van der Waals surface area contributed by atoms with E-state index in [1.807, 2.05) is 20.8 Å². The minimum absolute atomic E-state index is 0.0810. The van der Waals surface area contributed by atoms with Crippen LogP contribution in [-0.2, 0) is 4.79 Å². The number of rotatable bonds is 7. The van der Waals surface area contributed by atoms with E-state index >= 15 is 0 Å². The van der Waals surface area contributed by atoms with Crippen molar-refractivity contribution < 1.29 is 14.0 Å². The molecule has 2 amide bonds. The van der Waals surface area contributed by atoms with Crippen LogP contribution < -0.4 is 16.4 Å². The molecule has 5 nitrogen and oxygen atoms in total. The van der Waals surface area contributed by atoms with Crippen molar-refractivity contribution in [1.82, 2.24) is 5.32 Å². The minimum Gasteiger partial charge on any atom is -0.352 e. The first kappa shape index (κ1) is 18.1. The van der Waals surface area contributed by atoms with Crippen LogP contribution in [0, 0.1) is 17.7 Å². The van der Waals surface area contributed by atoms with Crippen LogP contribution in [0.5, 0.6) is 0 Å². The van der Waals surface area contributed by atoms with Crippen molar-refractivity contribution in [2.75, 3.05) is 18.4 Å². The number of carbonyl (C=O) groups excluding carboxylic acids is 2.